The number of carbonyl (C=O) groups is 1. The Morgan fingerprint density at radius 2 is 1.40 bits per heavy atom. The number of ether oxygens (including phenoxy) is 1. The maximum absolute atomic E-state index is 13.2. The number of hydrogen-bond donors (Lipinski definition) is 0. The number of amides is 1. The molecule has 1 fully saturated rings. The third-order valence-electron chi connectivity index (χ3n) is 6.32. The fourth-order valence-electron chi connectivity index (χ4n) is 3.71. The van der Waals surface area contributed by atoms with Crippen molar-refractivity contribution in [2.75, 3.05) is 32.3 Å². The normalized spacial score (nSPS) is 20.5. The van der Waals surface area contributed by atoms with Gasteiger partial charge >= 0.3 is 6.09 Å². The zero-order valence-corrected chi connectivity index (χ0v) is 25.5. The van der Waals surface area contributed by atoms with Gasteiger partial charge in [0, 0.05) is 12.6 Å². The molecule has 0 aromatic carbocycles. The summed E-state index contributed by atoms with van der Waals surface area (Å²) in [4.78, 5) is 14.8. The monoisotopic (exact) mass is 559 g/mol. The molecule has 0 spiro atoms. The van der Waals surface area contributed by atoms with E-state index >= 15 is 0 Å². The first-order chi connectivity index (χ1) is 15.5. The molecule has 0 aliphatic carbocycles. The Labute approximate surface area is 213 Å². The Bertz CT molecular complexity index is 884. The van der Waals surface area contributed by atoms with Crippen molar-refractivity contribution in [2.24, 2.45) is 5.92 Å². The van der Waals surface area contributed by atoms with Crippen LogP contribution in [0.5, 0.6) is 0 Å². The number of rotatable bonds is 11. The molecule has 208 valence electrons. The Morgan fingerprint density at radius 3 is 1.77 bits per heavy atom. The second-order valence-corrected chi connectivity index (χ2v) is 19.9. The second-order valence-electron chi connectivity index (χ2n) is 11.8. The minimum Gasteiger partial charge on any atom is -0.444 e. The first kappa shape index (κ1) is 32.3. The molecule has 1 heterocycles. The first-order valence-corrected chi connectivity index (χ1v) is 18.4. The zero-order valence-electron chi connectivity index (χ0n) is 22.9. The maximum Gasteiger partial charge on any atom is 0.410 e. The highest BCUT2D eigenvalue weighted by atomic mass is 32.2. The van der Waals surface area contributed by atoms with E-state index in [2.05, 4.69) is 33.9 Å². The molecule has 0 unspecified atom stereocenters. The summed E-state index contributed by atoms with van der Waals surface area (Å²) >= 11 is 0. The van der Waals surface area contributed by atoms with Crippen LogP contribution in [0.3, 0.4) is 0 Å². The molecule has 10 nitrogen and oxygen atoms in total. The summed E-state index contributed by atoms with van der Waals surface area (Å²) in [5.41, 5.74) is -0.700. The third kappa shape index (κ3) is 11.9. The molecule has 1 amide bonds. The molecule has 0 bridgehead atoms. The Hall–Kier alpha value is -0.733. The average molecular weight is 560 g/mol. The van der Waals surface area contributed by atoms with Crippen LogP contribution in [0.4, 0.5) is 4.79 Å². The smallest absolute Gasteiger partial charge is 0.410 e. The number of carbonyl (C=O) groups excluding carboxylic acids is 1. The van der Waals surface area contributed by atoms with Gasteiger partial charge in [-0.25, -0.2) is 4.79 Å². The maximum atomic E-state index is 13.2. The van der Waals surface area contributed by atoms with E-state index in [1.807, 2.05) is 0 Å². The highest BCUT2D eigenvalue weighted by Crippen LogP contribution is 2.40. The predicted molar refractivity (Wildman–Crippen MR) is 138 cm³/mol. The summed E-state index contributed by atoms with van der Waals surface area (Å²) in [6, 6.07) is -0.356. The van der Waals surface area contributed by atoms with Crippen molar-refractivity contribution < 1.29 is 39.2 Å². The molecule has 13 heteroatoms. The molecular weight excluding hydrogens is 514 g/mol. The van der Waals surface area contributed by atoms with Gasteiger partial charge in [0.05, 0.1) is 31.8 Å². The van der Waals surface area contributed by atoms with E-state index in [-0.39, 0.29) is 49.2 Å². The summed E-state index contributed by atoms with van der Waals surface area (Å²) in [6.45, 7) is 16.3. The second kappa shape index (κ2) is 11.8. The fourth-order valence-corrected chi connectivity index (χ4v) is 5.87. The summed E-state index contributed by atoms with van der Waals surface area (Å²) in [6.07, 6.45) is 2.34. The van der Waals surface area contributed by atoms with Gasteiger partial charge in [-0.3, -0.25) is 8.37 Å². The van der Waals surface area contributed by atoms with Crippen LogP contribution in [-0.2, 0) is 37.8 Å². The summed E-state index contributed by atoms with van der Waals surface area (Å²) < 4.78 is 68.1. The van der Waals surface area contributed by atoms with Gasteiger partial charge in [-0.15, -0.1) is 0 Å². The van der Waals surface area contributed by atoms with E-state index in [1.165, 1.54) is 0 Å². The summed E-state index contributed by atoms with van der Waals surface area (Å²) in [5.74, 6) is -0.293. The van der Waals surface area contributed by atoms with Crippen molar-refractivity contribution in [2.45, 2.75) is 96.7 Å². The van der Waals surface area contributed by atoms with E-state index in [9.17, 15) is 21.6 Å². The van der Waals surface area contributed by atoms with Crippen molar-refractivity contribution in [3.05, 3.63) is 0 Å². The van der Waals surface area contributed by atoms with Gasteiger partial charge < -0.3 is 14.1 Å². The van der Waals surface area contributed by atoms with Crippen LogP contribution in [-0.4, -0.2) is 86.2 Å². The number of likely N-dealkylation sites (tertiary alicyclic amines) is 1. The van der Waals surface area contributed by atoms with Crippen LogP contribution in [0.1, 0.15) is 60.8 Å². The summed E-state index contributed by atoms with van der Waals surface area (Å²) in [5, 5.41) is -0.0200. The van der Waals surface area contributed by atoms with Crippen molar-refractivity contribution >= 4 is 34.6 Å². The molecule has 1 rings (SSSR count). The molecule has 0 aromatic rings. The van der Waals surface area contributed by atoms with Gasteiger partial charge in [0.15, 0.2) is 8.32 Å². The first-order valence-electron chi connectivity index (χ1n) is 11.9. The molecular formula is C22H45NO9S2Si. The van der Waals surface area contributed by atoms with Gasteiger partial charge in [-0.1, -0.05) is 20.8 Å². The molecule has 0 saturated carbocycles. The van der Waals surface area contributed by atoms with Gasteiger partial charge in [0.1, 0.15) is 5.60 Å². The zero-order chi connectivity index (χ0) is 27.5. The van der Waals surface area contributed by atoms with Gasteiger partial charge in [-0.05, 0) is 64.1 Å². The molecule has 0 N–H and O–H groups in total. The molecule has 2 atom stereocenters. The molecule has 35 heavy (non-hydrogen) atoms. The van der Waals surface area contributed by atoms with Crippen LogP contribution in [0, 0.1) is 5.92 Å². The Kier molecular flexibility index (Phi) is 10.9. The highest BCUT2D eigenvalue weighted by Gasteiger charge is 2.46. The van der Waals surface area contributed by atoms with Crippen LogP contribution >= 0.6 is 0 Å². The largest absolute Gasteiger partial charge is 0.444 e. The Balaban J connectivity index is 3.21. The predicted octanol–water partition coefficient (Wildman–Crippen LogP) is 3.74. The minimum atomic E-state index is -3.64. The van der Waals surface area contributed by atoms with Crippen molar-refractivity contribution in [3.8, 4) is 0 Å². The fraction of sp³-hybridized carbons (Fsp3) is 0.955. The van der Waals surface area contributed by atoms with Gasteiger partial charge in [-0.2, -0.15) is 16.8 Å². The quantitative estimate of drug-likeness (QED) is 0.275. The van der Waals surface area contributed by atoms with Gasteiger partial charge in [0.2, 0.25) is 0 Å². The summed E-state index contributed by atoms with van der Waals surface area (Å²) in [7, 11) is -9.42. The highest BCUT2D eigenvalue weighted by molar-refractivity contribution is 7.86. The SMILES string of the molecule is CC(C)(C)OC(=O)N1C[C@H](O[Si](C)(C)C(C)(C)C)C[C@H]1C(CCOS(C)(=O)=O)CCOS(C)(=O)=O. The van der Waals surface area contributed by atoms with Crippen molar-refractivity contribution in [3.63, 3.8) is 0 Å². The average Bonchev–Trinajstić information content (AvgIpc) is 2.99. The van der Waals surface area contributed by atoms with Crippen LogP contribution in [0.15, 0.2) is 0 Å². The topological polar surface area (TPSA) is 126 Å². The molecule has 1 aliphatic rings. The van der Waals surface area contributed by atoms with E-state index in [1.54, 1.807) is 25.7 Å². The van der Waals surface area contributed by atoms with Crippen LogP contribution < -0.4 is 0 Å². The van der Waals surface area contributed by atoms with E-state index in [4.69, 9.17) is 17.5 Å². The minimum absolute atomic E-state index is 0.0200. The van der Waals surface area contributed by atoms with E-state index in [0.717, 1.165) is 12.5 Å². The van der Waals surface area contributed by atoms with E-state index in [0.29, 0.717) is 13.0 Å². The lowest BCUT2D eigenvalue weighted by Gasteiger charge is -2.38. The van der Waals surface area contributed by atoms with Crippen LogP contribution in [0.25, 0.3) is 0 Å². The molecule has 1 saturated heterocycles. The van der Waals surface area contributed by atoms with Crippen LogP contribution in [0.2, 0.25) is 18.1 Å². The molecule has 0 aromatic heterocycles. The lowest BCUT2D eigenvalue weighted by Crippen LogP contribution is -2.45. The number of hydrogen-bond acceptors (Lipinski definition) is 9. The standard InChI is InChI=1S/C22H45NO9S2Si/c1-21(2,3)31-20(24)23-16-18(32-35(9,10)22(4,5)6)15-19(23)17(11-13-29-33(7,25)26)12-14-30-34(8,27)28/h17-19H,11-16H2,1-10H3/t18-,19+/m1/s1. The van der Waals surface area contributed by atoms with Crippen molar-refractivity contribution in [1.82, 2.24) is 4.90 Å². The van der Waals surface area contributed by atoms with E-state index < -0.39 is 40.2 Å². The third-order valence-corrected chi connectivity index (χ3v) is 12.0. The Morgan fingerprint density at radius 1 is 0.943 bits per heavy atom. The molecule has 1 aliphatic heterocycles. The number of nitrogens with zero attached hydrogens (tertiary/aromatic N) is 1. The van der Waals surface area contributed by atoms with Crippen molar-refractivity contribution in [1.29, 1.82) is 0 Å². The lowest BCUT2D eigenvalue weighted by atomic mass is 9.91. The lowest BCUT2D eigenvalue weighted by molar-refractivity contribution is 0.0142. The molecule has 0 radical (unpaired) electrons. The van der Waals surface area contributed by atoms with Gasteiger partial charge in [0.25, 0.3) is 20.2 Å².